The van der Waals surface area contributed by atoms with Gasteiger partial charge < -0.3 is 10.1 Å². The average molecular weight is 572 g/mol. The summed E-state index contributed by atoms with van der Waals surface area (Å²) in [5, 5.41) is 2.40. The summed E-state index contributed by atoms with van der Waals surface area (Å²) in [5.41, 5.74) is 0.510. The van der Waals surface area contributed by atoms with Crippen LogP contribution in [0.25, 0.3) is 0 Å². The van der Waals surface area contributed by atoms with E-state index in [4.69, 9.17) is 9.57 Å². The van der Waals surface area contributed by atoms with Gasteiger partial charge in [0.2, 0.25) is 0 Å². The number of anilines is 3. The van der Waals surface area contributed by atoms with E-state index < -0.39 is 68.4 Å². The van der Waals surface area contributed by atoms with Gasteiger partial charge in [-0.2, -0.15) is 8.42 Å². The molecule has 4 N–H and O–H groups in total. The number of amides is 1. The van der Waals surface area contributed by atoms with Crippen molar-refractivity contribution in [3.63, 3.8) is 0 Å². The van der Waals surface area contributed by atoms with Crippen molar-refractivity contribution in [2.24, 2.45) is 0 Å². The first-order valence-corrected chi connectivity index (χ1v) is 12.8. The van der Waals surface area contributed by atoms with Gasteiger partial charge in [0.25, 0.3) is 16.1 Å². The number of halogens is 4. The first kappa shape index (κ1) is 29.8. The van der Waals surface area contributed by atoms with Crippen LogP contribution in [0.5, 0.6) is 0 Å². The molecule has 0 bridgehead atoms. The molecule has 3 aromatic rings. The summed E-state index contributed by atoms with van der Waals surface area (Å²) < 4.78 is 92.1. The van der Waals surface area contributed by atoms with Gasteiger partial charge in [-0.1, -0.05) is 6.07 Å². The molecular weight excluding hydrogens is 546 g/mol. The molecule has 210 valence electrons. The highest BCUT2D eigenvalue weighted by Crippen LogP contribution is 2.32. The number of benzene rings is 2. The number of aryl methyl sites for hydroxylation is 1. The molecule has 1 heterocycles. The zero-order valence-corrected chi connectivity index (χ0v) is 21.8. The summed E-state index contributed by atoms with van der Waals surface area (Å²) in [4.78, 5) is 21.5. The van der Waals surface area contributed by atoms with Crippen LogP contribution in [0.3, 0.4) is 0 Å². The number of carbonyl (C=O) groups excluding carboxylic acids is 1. The van der Waals surface area contributed by atoms with Gasteiger partial charge in [-0.15, -0.1) is 0 Å². The standard InChI is InChI=1S/C24H25F4N5O5S/c1-13-4-5-18(17(25)10-13)31-22-16(24(34)32-38-9-8-37-3)12-15(19(26)21(22)28)11-14-6-7-30-23(20(14)27)33-39(35,36)29-2/h4-7,10,12,29,31H,8-9,11H2,1-3H3,(H,30,33)(H,32,34). The molecule has 10 nitrogen and oxygen atoms in total. The Morgan fingerprint density at radius 3 is 2.41 bits per heavy atom. The lowest BCUT2D eigenvalue weighted by atomic mass is 9.99. The zero-order chi connectivity index (χ0) is 28.7. The minimum atomic E-state index is -4.12. The summed E-state index contributed by atoms with van der Waals surface area (Å²) in [6.45, 7) is 1.68. The van der Waals surface area contributed by atoms with Gasteiger partial charge in [-0.3, -0.25) is 14.4 Å². The molecular formula is C24H25F4N5O5S. The van der Waals surface area contributed by atoms with Gasteiger partial charge >= 0.3 is 0 Å². The van der Waals surface area contributed by atoms with Crippen LogP contribution in [0.15, 0.2) is 36.5 Å². The van der Waals surface area contributed by atoms with Crippen LogP contribution in [0, 0.1) is 30.2 Å². The van der Waals surface area contributed by atoms with Crippen molar-refractivity contribution in [3.8, 4) is 0 Å². The minimum absolute atomic E-state index is 0.0678. The van der Waals surface area contributed by atoms with E-state index in [1.807, 2.05) is 9.44 Å². The van der Waals surface area contributed by atoms with E-state index in [1.165, 1.54) is 19.2 Å². The number of rotatable bonds is 12. The maximum absolute atomic E-state index is 15.4. The summed E-state index contributed by atoms with van der Waals surface area (Å²) >= 11 is 0. The summed E-state index contributed by atoms with van der Waals surface area (Å²) in [6, 6.07) is 6.04. The summed E-state index contributed by atoms with van der Waals surface area (Å²) in [5.74, 6) is -6.61. The van der Waals surface area contributed by atoms with Crippen molar-refractivity contribution in [2.45, 2.75) is 13.3 Å². The number of ether oxygens (including phenoxy) is 1. The third kappa shape index (κ3) is 7.41. The molecule has 0 radical (unpaired) electrons. The second-order valence-corrected chi connectivity index (χ2v) is 9.71. The molecule has 0 unspecified atom stereocenters. The van der Waals surface area contributed by atoms with E-state index in [0.717, 1.165) is 31.4 Å². The largest absolute Gasteiger partial charge is 0.382 e. The quantitative estimate of drug-likeness (QED) is 0.149. The van der Waals surface area contributed by atoms with Crippen molar-refractivity contribution in [1.29, 1.82) is 0 Å². The van der Waals surface area contributed by atoms with Gasteiger partial charge in [-0.25, -0.2) is 32.7 Å². The number of nitrogens with zero attached hydrogens (tertiary/aromatic N) is 1. The fraction of sp³-hybridized carbons (Fsp3) is 0.250. The minimum Gasteiger partial charge on any atom is -0.382 e. The molecule has 15 heteroatoms. The van der Waals surface area contributed by atoms with E-state index in [9.17, 15) is 17.6 Å². The van der Waals surface area contributed by atoms with Crippen LogP contribution in [-0.2, 0) is 26.2 Å². The first-order valence-electron chi connectivity index (χ1n) is 11.3. The normalized spacial score (nSPS) is 11.4. The number of nitrogens with one attached hydrogen (secondary N) is 4. The Morgan fingerprint density at radius 2 is 1.74 bits per heavy atom. The summed E-state index contributed by atoms with van der Waals surface area (Å²) in [6.07, 6.45) is 0.461. The van der Waals surface area contributed by atoms with E-state index in [1.54, 1.807) is 6.92 Å². The predicted molar refractivity (Wildman–Crippen MR) is 135 cm³/mol. The van der Waals surface area contributed by atoms with Crippen molar-refractivity contribution < 1.29 is 40.3 Å². The Hall–Kier alpha value is -3.79. The van der Waals surface area contributed by atoms with Gasteiger partial charge in [-0.05, 0) is 47.9 Å². The molecule has 0 aliphatic heterocycles. The second-order valence-electron chi connectivity index (χ2n) is 8.09. The highest BCUT2D eigenvalue weighted by atomic mass is 32.2. The molecule has 1 amide bonds. The van der Waals surface area contributed by atoms with Crippen molar-refractivity contribution in [3.05, 3.63) is 82.1 Å². The first-order chi connectivity index (χ1) is 18.5. The number of hydroxylamine groups is 1. The van der Waals surface area contributed by atoms with E-state index in [-0.39, 0.29) is 24.5 Å². The fourth-order valence-electron chi connectivity index (χ4n) is 3.34. The molecule has 1 aromatic heterocycles. The smallest absolute Gasteiger partial charge is 0.300 e. The molecule has 0 saturated carbocycles. The molecule has 0 atom stereocenters. The predicted octanol–water partition coefficient (Wildman–Crippen LogP) is 3.46. The molecule has 0 spiro atoms. The molecule has 39 heavy (non-hydrogen) atoms. The molecule has 3 rings (SSSR count). The van der Waals surface area contributed by atoms with E-state index in [0.29, 0.717) is 5.56 Å². The molecule has 0 aliphatic carbocycles. The van der Waals surface area contributed by atoms with Crippen LogP contribution in [-0.4, -0.2) is 46.7 Å². The number of hydrogen-bond donors (Lipinski definition) is 4. The monoisotopic (exact) mass is 571 g/mol. The molecule has 0 aliphatic rings. The van der Waals surface area contributed by atoms with Crippen LogP contribution in [0.1, 0.15) is 27.0 Å². The Labute approximate surface area is 221 Å². The fourth-order valence-corrected chi connectivity index (χ4v) is 3.84. The number of aromatic nitrogens is 1. The lowest BCUT2D eigenvalue weighted by molar-refractivity contribution is 0.00891. The lowest BCUT2D eigenvalue weighted by Crippen LogP contribution is -2.27. The van der Waals surface area contributed by atoms with Gasteiger partial charge in [0.1, 0.15) is 5.82 Å². The summed E-state index contributed by atoms with van der Waals surface area (Å²) in [7, 11) is -1.63. The Kier molecular flexibility index (Phi) is 9.80. The average Bonchev–Trinajstić information content (AvgIpc) is 2.89. The number of hydrogen-bond acceptors (Lipinski definition) is 7. The van der Waals surface area contributed by atoms with Crippen LogP contribution in [0.2, 0.25) is 0 Å². The maximum atomic E-state index is 15.4. The molecule has 0 fully saturated rings. The third-order valence-corrected chi connectivity index (χ3v) is 6.31. The second kappa shape index (κ2) is 12.8. The van der Waals surface area contributed by atoms with Gasteiger partial charge in [0.15, 0.2) is 23.3 Å². The zero-order valence-electron chi connectivity index (χ0n) is 21.0. The molecule has 0 saturated heterocycles. The van der Waals surface area contributed by atoms with Gasteiger partial charge in [0, 0.05) is 26.8 Å². The van der Waals surface area contributed by atoms with E-state index >= 15 is 13.2 Å². The number of carbonyl (C=O) groups is 1. The van der Waals surface area contributed by atoms with Crippen molar-refractivity contribution >= 4 is 33.3 Å². The number of methoxy groups -OCH3 is 1. The number of pyridine rings is 1. The van der Waals surface area contributed by atoms with Crippen LogP contribution < -0.4 is 20.2 Å². The topological polar surface area (TPSA) is 131 Å². The highest BCUT2D eigenvalue weighted by Gasteiger charge is 2.25. The lowest BCUT2D eigenvalue weighted by Gasteiger charge is -2.17. The van der Waals surface area contributed by atoms with Crippen LogP contribution in [0.4, 0.5) is 34.8 Å². The molecule has 2 aromatic carbocycles. The highest BCUT2D eigenvalue weighted by molar-refractivity contribution is 7.90. The van der Waals surface area contributed by atoms with E-state index in [2.05, 4.69) is 15.8 Å². The Bertz CT molecular complexity index is 1470. The van der Waals surface area contributed by atoms with Crippen molar-refractivity contribution in [1.82, 2.24) is 15.2 Å². The maximum Gasteiger partial charge on any atom is 0.300 e. The van der Waals surface area contributed by atoms with Crippen molar-refractivity contribution in [2.75, 3.05) is 37.4 Å². The Balaban J connectivity index is 2.05. The third-order valence-electron chi connectivity index (χ3n) is 5.32. The van der Waals surface area contributed by atoms with Gasteiger partial charge in [0.05, 0.1) is 30.2 Å². The Morgan fingerprint density at radius 1 is 1.00 bits per heavy atom. The van der Waals surface area contributed by atoms with Crippen LogP contribution >= 0.6 is 0 Å². The SMILES string of the molecule is CNS(=O)(=O)Nc1nccc(Cc2cc(C(=O)NOCCOC)c(Nc3ccc(C)cc3F)c(F)c2F)c1F.